The number of nitrogens with zero attached hydrogens (tertiary/aromatic N) is 4. The maximum absolute atomic E-state index is 12.6. The van der Waals surface area contributed by atoms with Crippen molar-refractivity contribution in [3.05, 3.63) is 69.9 Å². The first-order valence-electron chi connectivity index (χ1n) is 8.26. The van der Waals surface area contributed by atoms with Gasteiger partial charge in [0.15, 0.2) is 11.3 Å². The number of amides is 1. The normalized spacial score (nSPS) is 12.0. The second kappa shape index (κ2) is 7.16. The van der Waals surface area contributed by atoms with E-state index in [1.54, 1.807) is 13.0 Å². The summed E-state index contributed by atoms with van der Waals surface area (Å²) >= 11 is 0.858. The summed E-state index contributed by atoms with van der Waals surface area (Å²) in [6, 6.07) is 13.4. The predicted molar refractivity (Wildman–Crippen MR) is 102 cm³/mol. The van der Waals surface area contributed by atoms with Crippen molar-refractivity contribution < 1.29 is 14.2 Å². The minimum atomic E-state index is -0.576. The number of carbonyl (C=O) groups excluding carboxylic acids is 1. The summed E-state index contributed by atoms with van der Waals surface area (Å²) in [4.78, 5) is 23.3. The van der Waals surface area contributed by atoms with E-state index < -0.39 is 16.9 Å². The number of nitro groups is 1. The van der Waals surface area contributed by atoms with E-state index in [0.717, 1.165) is 17.3 Å². The third-order valence-corrected chi connectivity index (χ3v) is 4.72. The maximum Gasteiger partial charge on any atom is 0.299 e. The molecule has 0 aliphatic carbocycles. The van der Waals surface area contributed by atoms with Gasteiger partial charge in [-0.15, -0.1) is 0 Å². The highest BCUT2D eigenvalue weighted by molar-refractivity contribution is 7.00. The number of hydrogen-bond acceptors (Lipinski definition) is 8. The Labute approximate surface area is 162 Å². The van der Waals surface area contributed by atoms with Crippen LogP contribution < -0.4 is 5.32 Å². The number of aromatic nitrogens is 3. The van der Waals surface area contributed by atoms with Crippen molar-refractivity contribution >= 4 is 34.4 Å². The van der Waals surface area contributed by atoms with Crippen LogP contribution in [0.1, 0.15) is 29.0 Å². The van der Waals surface area contributed by atoms with Gasteiger partial charge in [-0.2, -0.15) is 8.75 Å². The van der Waals surface area contributed by atoms with Crippen LogP contribution in [0, 0.1) is 10.1 Å². The molecule has 0 saturated carbocycles. The lowest BCUT2D eigenvalue weighted by molar-refractivity contribution is -0.383. The Bertz CT molecular complexity index is 1170. The third-order valence-electron chi connectivity index (χ3n) is 4.18. The number of hydrogen-bond donors (Lipinski definition) is 1. The summed E-state index contributed by atoms with van der Waals surface area (Å²) < 4.78 is 13.3. The van der Waals surface area contributed by atoms with Gasteiger partial charge in [0.1, 0.15) is 11.2 Å². The molecule has 0 aliphatic rings. The van der Waals surface area contributed by atoms with Crippen LogP contribution in [0.25, 0.3) is 22.4 Å². The van der Waals surface area contributed by atoms with Crippen LogP contribution in [-0.2, 0) is 0 Å². The van der Waals surface area contributed by atoms with Gasteiger partial charge in [-0.1, -0.05) is 35.5 Å². The number of non-ortho nitro benzene ring substituents is 1. The summed E-state index contributed by atoms with van der Waals surface area (Å²) in [5.41, 5.74) is 1.77. The summed E-state index contributed by atoms with van der Waals surface area (Å²) in [6.45, 7) is 1.75. The van der Waals surface area contributed by atoms with E-state index >= 15 is 0 Å². The van der Waals surface area contributed by atoms with Crippen LogP contribution in [0.2, 0.25) is 0 Å². The first-order chi connectivity index (χ1) is 13.5. The van der Waals surface area contributed by atoms with Crippen molar-refractivity contribution in [2.24, 2.45) is 0 Å². The van der Waals surface area contributed by atoms with Gasteiger partial charge < -0.3 is 9.84 Å². The number of benzene rings is 2. The van der Waals surface area contributed by atoms with Crippen molar-refractivity contribution in [3.8, 4) is 11.3 Å². The molecule has 2 heterocycles. The molecule has 1 amide bonds. The number of nitro benzene ring substituents is 1. The molecule has 1 N–H and O–H groups in total. The van der Waals surface area contributed by atoms with Crippen molar-refractivity contribution in [2.45, 2.75) is 13.0 Å². The molecule has 4 aromatic rings. The molecule has 2 aromatic carbocycles. The Morgan fingerprint density at radius 3 is 2.75 bits per heavy atom. The topological polar surface area (TPSA) is 124 Å². The highest BCUT2D eigenvalue weighted by Crippen LogP contribution is 2.27. The van der Waals surface area contributed by atoms with Crippen molar-refractivity contribution in [1.82, 2.24) is 19.2 Å². The van der Waals surface area contributed by atoms with Crippen LogP contribution >= 0.6 is 11.7 Å². The van der Waals surface area contributed by atoms with Gasteiger partial charge in [-0.3, -0.25) is 14.9 Å². The van der Waals surface area contributed by atoms with Crippen molar-refractivity contribution in [1.29, 1.82) is 0 Å². The molecule has 28 heavy (non-hydrogen) atoms. The summed E-state index contributed by atoms with van der Waals surface area (Å²) in [6.07, 6.45) is 0. The number of rotatable bonds is 5. The van der Waals surface area contributed by atoms with Crippen LogP contribution in [-0.4, -0.2) is 24.7 Å². The summed E-state index contributed by atoms with van der Waals surface area (Å²) in [5, 5.41) is 18.0. The van der Waals surface area contributed by atoms with E-state index in [2.05, 4.69) is 19.2 Å². The Kier molecular flexibility index (Phi) is 4.53. The average molecular weight is 395 g/mol. The number of fused-ring (bicyclic) bond motifs is 1. The van der Waals surface area contributed by atoms with E-state index in [-0.39, 0.29) is 16.8 Å². The molecular formula is C18H13N5O4S. The SMILES string of the molecule is CC(NC(=O)c1cc([N+](=O)[O-])c2nsnc2c1)c1cc(-c2ccccc2)on1. The fourth-order valence-corrected chi connectivity index (χ4v) is 3.26. The molecule has 0 saturated heterocycles. The largest absolute Gasteiger partial charge is 0.356 e. The molecule has 1 unspecified atom stereocenters. The molecule has 1 atom stereocenters. The van der Waals surface area contributed by atoms with Gasteiger partial charge in [-0.05, 0) is 13.0 Å². The third kappa shape index (κ3) is 3.32. The minimum Gasteiger partial charge on any atom is -0.356 e. The standard InChI is InChI=1S/C18H13N5O4S/c1-10(13-9-16(27-20-13)11-5-3-2-4-6-11)19-18(24)12-7-14-17(22-28-21-14)15(8-12)23(25)26/h2-10H,1H3,(H,19,24). The molecule has 0 bridgehead atoms. The monoisotopic (exact) mass is 395 g/mol. The lowest BCUT2D eigenvalue weighted by Gasteiger charge is -2.10. The van der Waals surface area contributed by atoms with Gasteiger partial charge in [0, 0.05) is 23.3 Å². The maximum atomic E-state index is 12.6. The zero-order valence-corrected chi connectivity index (χ0v) is 15.3. The highest BCUT2D eigenvalue weighted by Gasteiger charge is 2.22. The van der Waals surface area contributed by atoms with Crippen LogP contribution in [0.5, 0.6) is 0 Å². The van der Waals surface area contributed by atoms with E-state index in [1.165, 1.54) is 12.1 Å². The Morgan fingerprint density at radius 2 is 2.00 bits per heavy atom. The zero-order valence-electron chi connectivity index (χ0n) is 14.5. The lowest BCUT2D eigenvalue weighted by atomic mass is 10.1. The van der Waals surface area contributed by atoms with Gasteiger partial charge in [0.2, 0.25) is 0 Å². The van der Waals surface area contributed by atoms with Crippen LogP contribution in [0.4, 0.5) is 5.69 Å². The lowest BCUT2D eigenvalue weighted by Crippen LogP contribution is -2.26. The predicted octanol–water partition coefficient (Wildman–Crippen LogP) is 3.75. The molecule has 0 aliphatic heterocycles. The first-order valence-corrected chi connectivity index (χ1v) is 8.99. The molecular weight excluding hydrogens is 382 g/mol. The minimum absolute atomic E-state index is 0.130. The summed E-state index contributed by atoms with van der Waals surface area (Å²) in [7, 11) is 0. The van der Waals surface area contributed by atoms with E-state index in [4.69, 9.17) is 4.52 Å². The summed E-state index contributed by atoms with van der Waals surface area (Å²) in [5.74, 6) is 0.108. The van der Waals surface area contributed by atoms with E-state index in [0.29, 0.717) is 17.0 Å². The Morgan fingerprint density at radius 1 is 1.21 bits per heavy atom. The smallest absolute Gasteiger partial charge is 0.299 e. The quantitative estimate of drug-likeness (QED) is 0.403. The molecule has 4 rings (SSSR count). The Hall–Kier alpha value is -3.66. The molecule has 10 heteroatoms. The van der Waals surface area contributed by atoms with Gasteiger partial charge in [-0.25, -0.2) is 0 Å². The second-order valence-electron chi connectivity index (χ2n) is 6.06. The van der Waals surface area contributed by atoms with Crippen molar-refractivity contribution in [3.63, 3.8) is 0 Å². The number of carbonyl (C=O) groups is 1. The fraction of sp³-hybridized carbons (Fsp3) is 0.111. The fourth-order valence-electron chi connectivity index (χ4n) is 2.73. The van der Waals surface area contributed by atoms with Crippen LogP contribution in [0.15, 0.2) is 53.1 Å². The number of nitrogens with one attached hydrogen (secondary N) is 1. The molecule has 2 aromatic heterocycles. The molecule has 0 spiro atoms. The van der Waals surface area contributed by atoms with Gasteiger partial charge in [0.05, 0.1) is 22.7 Å². The van der Waals surface area contributed by atoms with Crippen LogP contribution in [0.3, 0.4) is 0 Å². The van der Waals surface area contributed by atoms with Gasteiger partial charge >= 0.3 is 0 Å². The average Bonchev–Trinajstić information content (AvgIpc) is 3.37. The molecule has 9 nitrogen and oxygen atoms in total. The molecule has 0 fully saturated rings. The van der Waals surface area contributed by atoms with E-state index in [1.807, 2.05) is 30.3 Å². The molecule has 0 radical (unpaired) electrons. The second-order valence-corrected chi connectivity index (χ2v) is 6.59. The zero-order chi connectivity index (χ0) is 19.7. The highest BCUT2D eigenvalue weighted by atomic mass is 32.1. The van der Waals surface area contributed by atoms with Crippen molar-refractivity contribution in [2.75, 3.05) is 0 Å². The van der Waals surface area contributed by atoms with E-state index in [9.17, 15) is 14.9 Å². The first kappa shape index (κ1) is 17.7. The van der Waals surface area contributed by atoms with Gasteiger partial charge in [0.25, 0.3) is 11.6 Å². The Balaban J connectivity index is 1.56. The molecule has 140 valence electrons.